The van der Waals surface area contributed by atoms with Crippen molar-refractivity contribution in [3.8, 4) is 5.69 Å². The van der Waals surface area contributed by atoms with Crippen molar-refractivity contribution in [3.63, 3.8) is 0 Å². The van der Waals surface area contributed by atoms with E-state index in [1.165, 1.54) is 11.8 Å². The molecular formula is C19H18N2O3S. The Labute approximate surface area is 149 Å². The van der Waals surface area contributed by atoms with E-state index in [9.17, 15) is 9.59 Å². The van der Waals surface area contributed by atoms with Crippen LogP contribution in [-0.2, 0) is 9.53 Å². The number of para-hydroxylation sites is 2. The highest BCUT2D eigenvalue weighted by Gasteiger charge is 2.16. The van der Waals surface area contributed by atoms with Gasteiger partial charge in [-0.1, -0.05) is 42.1 Å². The van der Waals surface area contributed by atoms with Crippen molar-refractivity contribution < 1.29 is 9.53 Å². The fourth-order valence-corrected chi connectivity index (χ4v) is 3.37. The van der Waals surface area contributed by atoms with E-state index in [1.54, 1.807) is 23.6 Å². The molecule has 25 heavy (non-hydrogen) atoms. The van der Waals surface area contributed by atoms with Gasteiger partial charge in [-0.3, -0.25) is 14.2 Å². The summed E-state index contributed by atoms with van der Waals surface area (Å²) in [5.74, 6) is -0.226. The van der Waals surface area contributed by atoms with Gasteiger partial charge in [-0.05, 0) is 37.6 Å². The number of fused-ring (bicyclic) bond motifs is 1. The lowest BCUT2D eigenvalue weighted by Gasteiger charge is -2.14. The monoisotopic (exact) mass is 354 g/mol. The second kappa shape index (κ2) is 7.53. The van der Waals surface area contributed by atoms with Gasteiger partial charge in [-0.2, -0.15) is 0 Å². The molecule has 0 aliphatic carbocycles. The third-order valence-electron chi connectivity index (χ3n) is 3.73. The lowest BCUT2D eigenvalue weighted by atomic mass is 10.2. The maximum Gasteiger partial charge on any atom is 0.316 e. The van der Waals surface area contributed by atoms with E-state index in [-0.39, 0.29) is 17.3 Å². The van der Waals surface area contributed by atoms with Gasteiger partial charge in [0.1, 0.15) is 0 Å². The molecule has 0 saturated carbocycles. The number of carbonyl (C=O) groups excluding carboxylic acids is 1. The number of ether oxygens (including phenoxy) is 1. The first kappa shape index (κ1) is 17.2. The molecule has 0 N–H and O–H groups in total. The molecule has 1 heterocycles. The lowest BCUT2D eigenvalue weighted by molar-refractivity contribution is -0.139. The summed E-state index contributed by atoms with van der Waals surface area (Å²) >= 11 is 1.20. The number of esters is 1. The van der Waals surface area contributed by atoms with Crippen molar-refractivity contribution in [1.29, 1.82) is 0 Å². The number of hydrogen-bond acceptors (Lipinski definition) is 5. The van der Waals surface area contributed by atoms with Crippen LogP contribution in [0.15, 0.2) is 58.5 Å². The highest BCUT2D eigenvalue weighted by atomic mass is 32.2. The Kier molecular flexibility index (Phi) is 5.19. The van der Waals surface area contributed by atoms with Crippen molar-refractivity contribution in [3.05, 3.63) is 64.4 Å². The van der Waals surface area contributed by atoms with Gasteiger partial charge in [0.05, 0.1) is 29.0 Å². The molecule has 0 aliphatic rings. The van der Waals surface area contributed by atoms with Crippen LogP contribution >= 0.6 is 11.8 Å². The fraction of sp³-hybridized carbons (Fsp3) is 0.211. The van der Waals surface area contributed by atoms with Crippen LogP contribution < -0.4 is 5.56 Å². The second-order valence-corrected chi connectivity index (χ2v) is 6.37. The SMILES string of the molecule is CCOC(=O)CSc1nc2ccccc2c(=O)n1-c1ccccc1C. The van der Waals surface area contributed by atoms with Gasteiger partial charge in [-0.25, -0.2) is 4.98 Å². The highest BCUT2D eigenvalue weighted by molar-refractivity contribution is 7.99. The first-order valence-electron chi connectivity index (χ1n) is 7.98. The lowest BCUT2D eigenvalue weighted by Crippen LogP contribution is -2.23. The fourth-order valence-electron chi connectivity index (χ4n) is 2.56. The number of rotatable bonds is 5. The Morgan fingerprint density at radius 2 is 1.88 bits per heavy atom. The highest BCUT2D eigenvalue weighted by Crippen LogP contribution is 2.23. The van der Waals surface area contributed by atoms with Crippen LogP contribution in [0.25, 0.3) is 16.6 Å². The van der Waals surface area contributed by atoms with Crippen LogP contribution in [0.5, 0.6) is 0 Å². The second-order valence-electron chi connectivity index (χ2n) is 5.43. The molecule has 0 amide bonds. The maximum atomic E-state index is 13.1. The molecule has 5 nitrogen and oxygen atoms in total. The molecule has 3 rings (SSSR count). The molecule has 0 unspecified atom stereocenters. The van der Waals surface area contributed by atoms with E-state index < -0.39 is 0 Å². The Hall–Kier alpha value is -2.60. The first-order chi connectivity index (χ1) is 12.1. The predicted molar refractivity (Wildman–Crippen MR) is 99.4 cm³/mol. The average molecular weight is 354 g/mol. The van der Waals surface area contributed by atoms with Crippen molar-refractivity contribution in [2.45, 2.75) is 19.0 Å². The van der Waals surface area contributed by atoms with Gasteiger partial charge < -0.3 is 4.74 Å². The van der Waals surface area contributed by atoms with E-state index in [1.807, 2.05) is 43.3 Å². The topological polar surface area (TPSA) is 61.2 Å². The molecular weight excluding hydrogens is 336 g/mol. The predicted octanol–water partition coefficient (Wildman–Crippen LogP) is 3.35. The van der Waals surface area contributed by atoms with Gasteiger partial charge in [0.2, 0.25) is 0 Å². The third kappa shape index (κ3) is 3.58. The molecule has 0 spiro atoms. The zero-order valence-corrected chi connectivity index (χ0v) is 14.9. The normalized spacial score (nSPS) is 10.8. The smallest absolute Gasteiger partial charge is 0.316 e. The average Bonchev–Trinajstić information content (AvgIpc) is 2.61. The molecule has 128 valence electrons. The molecule has 0 aliphatic heterocycles. The number of aryl methyl sites for hydroxylation is 1. The molecule has 0 bridgehead atoms. The van der Waals surface area contributed by atoms with Crippen LogP contribution in [0.4, 0.5) is 0 Å². The summed E-state index contributed by atoms with van der Waals surface area (Å²) in [6, 6.07) is 14.8. The number of nitrogens with zero attached hydrogens (tertiary/aromatic N) is 2. The van der Waals surface area contributed by atoms with Crippen LogP contribution in [0.1, 0.15) is 12.5 Å². The van der Waals surface area contributed by atoms with Crippen LogP contribution in [0.2, 0.25) is 0 Å². The van der Waals surface area contributed by atoms with Gasteiger partial charge in [0.15, 0.2) is 5.16 Å². The van der Waals surface area contributed by atoms with Crippen LogP contribution in [0, 0.1) is 6.92 Å². The number of hydrogen-bond donors (Lipinski definition) is 0. The standard InChI is InChI=1S/C19H18N2O3S/c1-3-24-17(22)12-25-19-20-15-10-6-5-9-14(15)18(23)21(19)16-11-7-4-8-13(16)2/h4-11H,3,12H2,1-2H3. The Bertz CT molecular complexity index is 982. The Morgan fingerprint density at radius 1 is 1.16 bits per heavy atom. The van der Waals surface area contributed by atoms with E-state index in [0.29, 0.717) is 22.7 Å². The van der Waals surface area contributed by atoms with E-state index in [4.69, 9.17) is 4.74 Å². The first-order valence-corrected chi connectivity index (χ1v) is 8.96. The maximum absolute atomic E-state index is 13.1. The van der Waals surface area contributed by atoms with Crippen LogP contribution in [0.3, 0.4) is 0 Å². The number of thioether (sulfide) groups is 1. The van der Waals surface area contributed by atoms with Crippen molar-refractivity contribution in [1.82, 2.24) is 9.55 Å². The minimum atomic E-state index is -0.328. The summed E-state index contributed by atoms with van der Waals surface area (Å²) < 4.78 is 6.55. The van der Waals surface area contributed by atoms with E-state index in [2.05, 4.69) is 4.98 Å². The van der Waals surface area contributed by atoms with Gasteiger partial charge in [0, 0.05) is 0 Å². The molecule has 0 radical (unpaired) electrons. The molecule has 2 aromatic carbocycles. The molecule has 6 heteroatoms. The molecule has 0 fully saturated rings. The van der Waals surface area contributed by atoms with Crippen LogP contribution in [-0.4, -0.2) is 27.9 Å². The summed E-state index contributed by atoms with van der Waals surface area (Å²) in [7, 11) is 0. The number of carbonyl (C=O) groups is 1. The van der Waals surface area contributed by atoms with Gasteiger partial charge >= 0.3 is 5.97 Å². The molecule has 0 saturated heterocycles. The molecule has 1 aromatic heterocycles. The number of aromatic nitrogens is 2. The minimum Gasteiger partial charge on any atom is -0.465 e. The minimum absolute atomic E-state index is 0.102. The number of benzene rings is 2. The summed E-state index contributed by atoms with van der Waals surface area (Å²) in [6.45, 7) is 4.03. The third-order valence-corrected chi connectivity index (χ3v) is 4.64. The van der Waals surface area contributed by atoms with Gasteiger partial charge in [-0.15, -0.1) is 0 Å². The van der Waals surface area contributed by atoms with Crippen molar-refractivity contribution in [2.24, 2.45) is 0 Å². The zero-order valence-electron chi connectivity index (χ0n) is 14.1. The summed E-state index contributed by atoms with van der Waals surface area (Å²) in [6.07, 6.45) is 0. The summed E-state index contributed by atoms with van der Waals surface area (Å²) in [4.78, 5) is 29.4. The van der Waals surface area contributed by atoms with E-state index >= 15 is 0 Å². The van der Waals surface area contributed by atoms with Crippen molar-refractivity contribution >= 4 is 28.6 Å². The van der Waals surface area contributed by atoms with E-state index in [0.717, 1.165) is 11.3 Å². The van der Waals surface area contributed by atoms with Gasteiger partial charge in [0.25, 0.3) is 5.56 Å². The largest absolute Gasteiger partial charge is 0.465 e. The summed E-state index contributed by atoms with van der Waals surface area (Å²) in [5.41, 5.74) is 2.19. The Morgan fingerprint density at radius 3 is 2.64 bits per heavy atom. The van der Waals surface area contributed by atoms with Crippen molar-refractivity contribution in [2.75, 3.05) is 12.4 Å². The molecule has 0 atom stereocenters. The quantitative estimate of drug-likeness (QED) is 0.399. The Balaban J connectivity index is 2.16. The molecule has 3 aromatic rings. The summed E-state index contributed by atoms with van der Waals surface area (Å²) in [5, 5.41) is 1.03. The zero-order chi connectivity index (χ0) is 17.8.